The molecule has 0 aromatic carbocycles. The van der Waals surface area contributed by atoms with Crippen LogP contribution in [0.5, 0.6) is 11.8 Å². The largest absolute Gasteiger partial charge is 0.481 e. The van der Waals surface area contributed by atoms with Crippen LogP contribution in [0.15, 0.2) is 6.33 Å². The van der Waals surface area contributed by atoms with Crippen LogP contribution in [0.25, 0.3) is 0 Å². The van der Waals surface area contributed by atoms with Crippen molar-refractivity contribution in [1.82, 2.24) is 9.97 Å². The van der Waals surface area contributed by atoms with Crippen molar-refractivity contribution in [1.29, 1.82) is 0 Å². The molecule has 0 saturated heterocycles. The van der Waals surface area contributed by atoms with E-state index in [1.807, 2.05) is 6.92 Å². The summed E-state index contributed by atoms with van der Waals surface area (Å²) in [4.78, 5) is 8.09. The fourth-order valence-corrected chi connectivity index (χ4v) is 1.44. The van der Waals surface area contributed by atoms with E-state index in [0.717, 1.165) is 18.4 Å². The number of nitrogens with zero attached hydrogens (tertiary/aromatic N) is 2. The summed E-state index contributed by atoms with van der Waals surface area (Å²) in [5.41, 5.74) is 6.66. The summed E-state index contributed by atoms with van der Waals surface area (Å²) in [5, 5.41) is 0. The van der Waals surface area contributed by atoms with Gasteiger partial charge in [0.1, 0.15) is 12.9 Å². The first kappa shape index (κ1) is 13.7. The predicted molar refractivity (Wildman–Crippen MR) is 66.3 cm³/mol. The van der Waals surface area contributed by atoms with Crippen molar-refractivity contribution in [2.24, 2.45) is 5.73 Å². The van der Waals surface area contributed by atoms with E-state index in [9.17, 15) is 0 Å². The smallest absolute Gasteiger partial charge is 0.223 e. The molecule has 0 radical (unpaired) electrons. The van der Waals surface area contributed by atoms with Gasteiger partial charge in [0.25, 0.3) is 0 Å². The van der Waals surface area contributed by atoms with Crippen LogP contribution in [0.4, 0.5) is 0 Å². The van der Waals surface area contributed by atoms with E-state index in [-0.39, 0.29) is 5.54 Å². The van der Waals surface area contributed by atoms with Crippen LogP contribution in [0.2, 0.25) is 0 Å². The van der Waals surface area contributed by atoms with Crippen LogP contribution in [-0.4, -0.2) is 29.2 Å². The Labute approximate surface area is 102 Å². The summed E-state index contributed by atoms with van der Waals surface area (Å²) in [6.07, 6.45) is 3.16. The molecule has 2 N–H and O–H groups in total. The second-order valence-corrected chi connectivity index (χ2v) is 4.17. The first-order valence-corrected chi connectivity index (χ1v) is 5.83. The van der Waals surface area contributed by atoms with Gasteiger partial charge in [-0.2, -0.15) is 0 Å². The molecular weight excluding hydrogens is 218 g/mol. The highest BCUT2D eigenvalue weighted by Crippen LogP contribution is 2.23. The van der Waals surface area contributed by atoms with Crippen molar-refractivity contribution in [2.45, 2.75) is 39.2 Å². The lowest BCUT2D eigenvalue weighted by molar-refractivity contribution is 0.198. The third kappa shape index (κ3) is 3.30. The molecule has 5 heteroatoms. The molecule has 0 fully saturated rings. The summed E-state index contributed by atoms with van der Waals surface area (Å²) in [7, 11) is 1.57. The number of hydrogen-bond acceptors (Lipinski definition) is 5. The van der Waals surface area contributed by atoms with Crippen LogP contribution in [0.3, 0.4) is 0 Å². The molecule has 1 rings (SSSR count). The molecule has 0 aliphatic carbocycles. The maximum absolute atomic E-state index is 6.17. The van der Waals surface area contributed by atoms with Crippen LogP contribution >= 0.6 is 0 Å². The fraction of sp³-hybridized carbons (Fsp3) is 0.667. The highest BCUT2D eigenvalue weighted by Gasteiger charge is 2.22. The summed E-state index contributed by atoms with van der Waals surface area (Å²) < 4.78 is 10.8. The van der Waals surface area contributed by atoms with Gasteiger partial charge in [-0.05, 0) is 19.8 Å². The van der Waals surface area contributed by atoms with E-state index in [4.69, 9.17) is 15.2 Å². The van der Waals surface area contributed by atoms with E-state index < -0.39 is 0 Å². The molecule has 17 heavy (non-hydrogen) atoms. The standard InChI is InChI=1S/C12H21N3O2/c1-5-12(13,6-2)7-17-11-9(3)10(16-4)14-8-15-11/h8H,5-7,13H2,1-4H3. The number of ether oxygens (including phenoxy) is 2. The average Bonchev–Trinajstić information content (AvgIpc) is 2.37. The Bertz CT molecular complexity index is 365. The quantitative estimate of drug-likeness (QED) is 0.818. The van der Waals surface area contributed by atoms with Gasteiger partial charge in [0.2, 0.25) is 11.8 Å². The number of rotatable bonds is 6. The Morgan fingerprint density at radius 1 is 1.24 bits per heavy atom. The molecule has 96 valence electrons. The molecule has 1 aromatic heterocycles. The Morgan fingerprint density at radius 2 is 1.82 bits per heavy atom. The van der Waals surface area contributed by atoms with Gasteiger partial charge in [-0.15, -0.1) is 0 Å². The minimum absolute atomic E-state index is 0.301. The normalized spacial score (nSPS) is 11.4. The number of aromatic nitrogens is 2. The zero-order chi connectivity index (χ0) is 12.9. The monoisotopic (exact) mass is 239 g/mol. The van der Waals surface area contributed by atoms with Crippen molar-refractivity contribution in [3.8, 4) is 11.8 Å². The molecule has 1 heterocycles. The molecule has 0 aliphatic rings. The van der Waals surface area contributed by atoms with Gasteiger partial charge >= 0.3 is 0 Å². The van der Waals surface area contributed by atoms with Crippen molar-refractivity contribution in [3.05, 3.63) is 11.9 Å². The van der Waals surface area contributed by atoms with Crippen LogP contribution in [0.1, 0.15) is 32.3 Å². The Morgan fingerprint density at radius 3 is 2.35 bits per heavy atom. The molecule has 0 saturated carbocycles. The molecular formula is C12H21N3O2. The second-order valence-electron chi connectivity index (χ2n) is 4.17. The van der Waals surface area contributed by atoms with E-state index in [1.54, 1.807) is 7.11 Å². The van der Waals surface area contributed by atoms with Crippen molar-refractivity contribution in [2.75, 3.05) is 13.7 Å². The Hall–Kier alpha value is -1.36. The number of nitrogens with two attached hydrogens (primary N) is 1. The molecule has 1 aromatic rings. The van der Waals surface area contributed by atoms with Gasteiger partial charge in [-0.25, -0.2) is 9.97 Å². The molecule has 5 nitrogen and oxygen atoms in total. The highest BCUT2D eigenvalue weighted by atomic mass is 16.5. The van der Waals surface area contributed by atoms with Gasteiger partial charge < -0.3 is 15.2 Å². The first-order valence-electron chi connectivity index (χ1n) is 5.83. The minimum atomic E-state index is -0.301. The van der Waals surface area contributed by atoms with Gasteiger partial charge in [0.05, 0.1) is 12.7 Å². The molecule has 0 amide bonds. The van der Waals surface area contributed by atoms with Gasteiger partial charge in [0, 0.05) is 5.54 Å². The molecule has 0 unspecified atom stereocenters. The number of methoxy groups -OCH3 is 1. The van der Waals surface area contributed by atoms with Crippen LogP contribution < -0.4 is 15.2 Å². The van der Waals surface area contributed by atoms with E-state index in [0.29, 0.717) is 18.4 Å². The lowest BCUT2D eigenvalue weighted by Gasteiger charge is -2.26. The molecule has 0 spiro atoms. The van der Waals surface area contributed by atoms with Crippen molar-refractivity contribution < 1.29 is 9.47 Å². The van der Waals surface area contributed by atoms with Crippen LogP contribution in [0, 0.1) is 6.92 Å². The maximum Gasteiger partial charge on any atom is 0.223 e. The Balaban J connectivity index is 2.76. The zero-order valence-electron chi connectivity index (χ0n) is 11.0. The summed E-state index contributed by atoms with van der Waals surface area (Å²) in [5.74, 6) is 1.07. The van der Waals surface area contributed by atoms with E-state index in [1.165, 1.54) is 6.33 Å². The molecule has 0 atom stereocenters. The van der Waals surface area contributed by atoms with Crippen LogP contribution in [-0.2, 0) is 0 Å². The first-order chi connectivity index (χ1) is 8.06. The maximum atomic E-state index is 6.17. The topological polar surface area (TPSA) is 70.3 Å². The summed E-state index contributed by atoms with van der Waals surface area (Å²) >= 11 is 0. The predicted octanol–water partition coefficient (Wildman–Crippen LogP) is 1.69. The second kappa shape index (κ2) is 5.82. The highest BCUT2D eigenvalue weighted by molar-refractivity contribution is 5.32. The minimum Gasteiger partial charge on any atom is -0.481 e. The summed E-state index contributed by atoms with van der Waals surface area (Å²) in [6.45, 7) is 6.42. The Kier molecular flexibility index (Phi) is 4.69. The molecule has 0 bridgehead atoms. The summed E-state index contributed by atoms with van der Waals surface area (Å²) in [6, 6.07) is 0. The third-order valence-corrected chi connectivity index (χ3v) is 3.09. The fourth-order valence-electron chi connectivity index (χ4n) is 1.44. The van der Waals surface area contributed by atoms with Gasteiger partial charge in [-0.3, -0.25) is 0 Å². The van der Waals surface area contributed by atoms with Crippen molar-refractivity contribution >= 4 is 0 Å². The lowest BCUT2D eigenvalue weighted by atomic mass is 9.96. The third-order valence-electron chi connectivity index (χ3n) is 3.09. The van der Waals surface area contributed by atoms with E-state index >= 15 is 0 Å². The van der Waals surface area contributed by atoms with E-state index in [2.05, 4.69) is 23.8 Å². The van der Waals surface area contributed by atoms with Gasteiger partial charge in [0.15, 0.2) is 0 Å². The van der Waals surface area contributed by atoms with Gasteiger partial charge in [-0.1, -0.05) is 13.8 Å². The zero-order valence-corrected chi connectivity index (χ0v) is 11.0. The van der Waals surface area contributed by atoms with Crippen molar-refractivity contribution in [3.63, 3.8) is 0 Å². The SMILES string of the molecule is CCC(N)(CC)COc1ncnc(OC)c1C. The average molecular weight is 239 g/mol. The lowest BCUT2D eigenvalue weighted by Crippen LogP contribution is -2.44. The number of hydrogen-bond donors (Lipinski definition) is 1. The molecule has 0 aliphatic heterocycles.